The fourth-order valence-electron chi connectivity index (χ4n) is 1.35. The quantitative estimate of drug-likeness (QED) is 0.348. The van der Waals surface area contributed by atoms with Gasteiger partial charge in [0.05, 0.1) is 23.7 Å². The molecule has 0 radical (unpaired) electrons. The van der Waals surface area contributed by atoms with E-state index in [2.05, 4.69) is 4.74 Å². The zero-order valence-electron chi connectivity index (χ0n) is 10.9. The van der Waals surface area contributed by atoms with E-state index in [1.54, 1.807) is 13.8 Å². The molecule has 0 saturated carbocycles. The standard InChI is InChI=1S/C12H13F2NO5/c1-7(2)19-3-4-20-12(16)9-5-8(13)6-10(11(9)14)15(17)18/h5-7H,3-4H2,1-2H3. The van der Waals surface area contributed by atoms with Gasteiger partial charge in [0.25, 0.3) is 0 Å². The smallest absolute Gasteiger partial charge is 0.341 e. The molecule has 0 N–H and O–H groups in total. The number of nitrogens with zero attached hydrogens (tertiary/aromatic N) is 1. The normalized spacial score (nSPS) is 10.7. The molecule has 110 valence electrons. The van der Waals surface area contributed by atoms with Crippen LogP contribution < -0.4 is 0 Å². The third kappa shape index (κ3) is 4.23. The molecule has 0 spiro atoms. The van der Waals surface area contributed by atoms with Crippen LogP contribution in [0.5, 0.6) is 0 Å². The molecule has 0 amide bonds. The number of halogens is 2. The number of nitro groups is 1. The zero-order valence-corrected chi connectivity index (χ0v) is 10.9. The average Bonchev–Trinajstić information content (AvgIpc) is 2.36. The van der Waals surface area contributed by atoms with Crippen LogP contribution in [-0.2, 0) is 9.47 Å². The third-order valence-electron chi connectivity index (χ3n) is 2.20. The number of nitro benzene ring substituents is 1. The first-order valence-corrected chi connectivity index (χ1v) is 5.75. The minimum Gasteiger partial charge on any atom is -0.460 e. The van der Waals surface area contributed by atoms with Gasteiger partial charge in [-0.15, -0.1) is 0 Å². The van der Waals surface area contributed by atoms with Crippen molar-refractivity contribution in [3.63, 3.8) is 0 Å². The van der Waals surface area contributed by atoms with Crippen molar-refractivity contribution in [3.8, 4) is 0 Å². The first-order valence-electron chi connectivity index (χ1n) is 5.75. The summed E-state index contributed by atoms with van der Waals surface area (Å²) in [6.07, 6.45) is -0.0688. The number of carbonyl (C=O) groups excluding carboxylic acids is 1. The highest BCUT2D eigenvalue weighted by Crippen LogP contribution is 2.23. The molecule has 0 atom stereocenters. The first-order chi connectivity index (χ1) is 9.32. The molecule has 8 heteroatoms. The number of rotatable bonds is 6. The Bertz CT molecular complexity index is 519. The van der Waals surface area contributed by atoms with Crippen molar-refractivity contribution in [3.05, 3.63) is 39.4 Å². The van der Waals surface area contributed by atoms with Gasteiger partial charge < -0.3 is 9.47 Å². The van der Waals surface area contributed by atoms with Crippen molar-refractivity contribution < 1.29 is 28.0 Å². The van der Waals surface area contributed by atoms with Crippen LogP contribution in [0, 0.1) is 21.7 Å². The molecule has 0 unspecified atom stereocenters. The Labute approximate surface area is 113 Å². The molecule has 20 heavy (non-hydrogen) atoms. The largest absolute Gasteiger partial charge is 0.460 e. The van der Waals surface area contributed by atoms with E-state index in [1.165, 1.54) is 0 Å². The molecule has 0 aliphatic rings. The van der Waals surface area contributed by atoms with Gasteiger partial charge in [0.15, 0.2) is 0 Å². The minimum absolute atomic E-state index is 0.0688. The Kier molecular flexibility index (Phi) is 5.51. The fourth-order valence-corrected chi connectivity index (χ4v) is 1.35. The summed E-state index contributed by atoms with van der Waals surface area (Å²) >= 11 is 0. The average molecular weight is 289 g/mol. The van der Waals surface area contributed by atoms with Crippen LogP contribution in [0.3, 0.4) is 0 Å². The molecule has 6 nitrogen and oxygen atoms in total. The topological polar surface area (TPSA) is 78.7 Å². The van der Waals surface area contributed by atoms with Crippen LogP contribution in [0.4, 0.5) is 14.5 Å². The van der Waals surface area contributed by atoms with Gasteiger partial charge in [-0.2, -0.15) is 4.39 Å². The van der Waals surface area contributed by atoms with Crippen molar-refractivity contribution in [2.75, 3.05) is 13.2 Å². The van der Waals surface area contributed by atoms with E-state index in [0.717, 1.165) is 0 Å². The maximum Gasteiger partial charge on any atom is 0.341 e. The number of benzene rings is 1. The van der Waals surface area contributed by atoms with Crippen LogP contribution in [0.2, 0.25) is 0 Å². The van der Waals surface area contributed by atoms with E-state index < -0.39 is 33.8 Å². The summed E-state index contributed by atoms with van der Waals surface area (Å²) in [6.45, 7) is 3.47. The highest BCUT2D eigenvalue weighted by atomic mass is 19.1. The van der Waals surface area contributed by atoms with Crippen molar-refractivity contribution in [1.82, 2.24) is 0 Å². The molecule has 0 fully saturated rings. The van der Waals surface area contributed by atoms with Gasteiger partial charge in [-0.1, -0.05) is 0 Å². The molecular formula is C12H13F2NO5. The lowest BCUT2D eigenvalue weighted by atomic mass is 10.2. The van der Waals surface area contributed by atoms with Gasteiger partial charge in [0, 0.05) is 0 Å². The fraction of sp³-hybridized carbons (Fsp3) is 0.417. The minimum atomic E-state index is -1.42. The number of hydrogen-bond donors (Lipinski definition) is 0. The predicted octanol–water partition coefficient (Wildman–Crippen LogP) is 2.45. The Morgan fingerprint density at radius 3 is 2.55 bits per heavy atom. The van der Waals surface area contributed by atoms with Crippen LogP contribution >= 0.6 is 0 Å². The summed E-state index contributed by atoms with van der Waals surface area (Å²) in [5.41, 5.74) is -1.93. The van der Waals surface area contributed by atoms with Gasteiger partial charge in [-0.25, -0.2) is 9.18 Å². The van der Waals surface area contributed by atoms with Gasteiger partial charge in [-0.05, 0) is 19.9 Å². The molecule has 0 bridgehead atoms. The summed E-state index contributed by atoms with van der Waals surface area (Å²) in [7, 11) is 0. The summed E-state index contributed by atoms with van der Waals surface area (Å²) in [6, 6.07) is 0.946. The number of ether oxygens (including phenoxy) is 2. The molecule has 0 aromatic heterocycles. The molecule has 0 heterocycles. The molecule has 1 aromatic rings. The maximum atomic E-state index is 13.7. The summed E-state index contributed by atoms with van der Waals surface area (Å²) in [5.74, 6) is -3.70. The second kappa shape index (κ2) is 6.90. The molecule has 1 aromatic carbocycles. The van der Waals surface area contributed by atoms with E-state index in [4.69, 9.17) is 4.74 Å². The van der Waals surface area contributed by atoms with Crippen molar-refractivity contribution in [1.29, 1.82) is 0 Å². The number of carbonyl (C=O) groups is 1. The summed E-state index contributed by atoms with van der Waals surface area (Å²) < 4.78 is 36.5. The Balaban J connectivity index is 2.80. The van der Waals surface area contributed by atoms with Crippen LogP contribution in [0.1, 0.15) is 24.2 Å². The van der Waals surface area contributed by atoms with Crippen molar-refractivity contribution in [2.45, 2.75) is 20.0 Å². The first kappa shape index (κ1) is 16.0. The van der Waals surface area contributed by atoms with Crippen LogP contribution in [-0.4, -0.2) is 30.2 Å². The molecule has 1 rings (SSSR count). The third-order valence-corrected chi connectivity index (χ3v) is 2.20. The summed E-state index contributed by atoms with van der Waals surface area (Å²) in [4.78, 5) is 20.9. The van der Waals surface area contributed by atoms with Gasteiger partial charge in [0.2, 0.25) is 5.82 Å². The molecule has 0 aliphatic carbocycles. The Hall–Kier alpha value is -2.09. The lowest BCUT2D eigenvalue weighted by Gasteiger charge is -2.08. The highest BCUT2D eigenvalue weighted by molar-refractivity contribution is 5.90. The van der Waals surface area contributed by atoms with Gasteiger partial charge in [0.1, 0.15) is 18.0 Å². The highest BCUT2D eigenvalue weighted by Gasteiger charge is 2.25. The van der Waals surface area contributed by atoms with Crippen molar-refractivity contribution in [2.24, 2.45) is 0 Å². The zero-order chi connectivity index (χ0) is 15.3. The van der Waals surface area contributed by atoms with Crippen LogP contribution in [0.25, 0.3) is 0 Å². The van der Waals surface area contributed by atoms with Gasteiger partial charge >= 0.3 is 11.7 Å². The predicted molar refractivity (Wildman–Crippen MR) is 64.4 cm³/mol. The Morgan fingerprint density at radius 1 is 1.35 bits per heavy atom. The van der Waals surface area contributed by atoms with Crippen LogP contribution in [0.15, 0.2) is 12.1 Å². The summed E-state index contributed by atoms with van der Waals surface area (Å²) in [5, 5.41) is 10.5. The van der Waals surface area contributed by atoms with Gasteiger partial charge in [-0.3, -0.25) is 10.1 Å². The molecule has 0 aliphatic heterocycles. The maximum absolute atomic E-state index is 13.7. The van der Waals surface area contributed by atoms with E-state index >= 15 is 0 Å². The Morgan fingerprint density at radius 2 is 2.00 bits per heavy atom. The lowest BCUT2D eigenvalue weighted by molar-refractivity contribution is -0.387. The lowest BCUT2D eigenvalue weighted by Crippen LogP contribution is -2.15. The van der Waals surface area contributed by atoms with E-state index in [1.807, 2.05) is 0 Å². The monoisotopic (exact) mass is 289 g/mol. The van der Waals surface area contributed by atoms with E-state index in [-0.39, 0.29) is 19.3 Å². The van der Waals surface area contributed by atoms with E-state index in [0.29, 0.717) is 12.1 Å². The van der Waals surface area contributed by atoms with Crippen molar-refractivity contribution >= 4 is 11.7 Å². The number of hydrogen-bond acceptors (Lipinski definition) is 5. The molecular weight excluding hydrogens is 276 g/mol. The SMILES string of the molecule is CC(C)OCCOC(=O)c1cc(F)cc([N+](=O)[O-])c1F. The number of esters is 1. The molecule has 0 saturated heterocycles. The van der Waals surface area contributed by atoms with E-state index in [9.17, 15) is 23.7 Å². The second-order valence-corrected chi connectivity index (χ2v) is 4.10. The second-order valence-electron chi connectivity index (χ2n) is 4.10.